The molecule has 0 aromatic carbocycles. The number of alkyl halides is 1. The molecule has 0 aromatic rings. The van der Waals surface area contributed by atoms with E-state index in [-0.39, 0.29) is 5.88 Å². The van der Waals surface area contributed by atoms with Crippen molar-refractivity contribution >= 4 is 29.4 Å². The summed E-state index contributed by atoms with van der Waals surface area (Å²) in [5.41, 5.74) is 0.801. The Bertz CT molecular complexity index is 420. The Labute approximate surface area is 123 Å². The number of carbonyl (C=O) groups is 3. The summed E-state index contributed by atoms with van der Waals surface area (Å²) in [6.45, 7) is 5.24. The number of hydrogen-bond donors (Lipinski definition) is 0. The van der Waals surface area contributed by atoms with Crippen LogP contribution in [0.2, 0.25) is 0 Å². The van der Waals surface area contributed by atoms with Gasteiger partial charge < -0.3 is 4.74 Å². The van der Waals surface area contributed by atoms with E-state index in [9.17, 15) is 14.4 Å². The van der Waals surface area contributed by atoms with Crippen molar-refractivity contribution in [2.45, 2.75) is 52.7 Å². The highest BCUT2D eigenvalue weighted by Crippen LogP contribution is 2.25. The molecule has 1 aliphatic heterocycles. The molecule has 0 radical (unpaired) electrons. The number of esters is 1. The molecule has 1 aliphatic rings. The molecule has 5 nitrogen and oxygen atoms in total. The molecule has 1 rings (SSSR count). The predicted octanol–water partition coefficient (Wildman–Crippen LogP) is 2.38. The van der Waals surface area contributed by atoms with Gasteiger partial charge in [0.05, 0.1) is 0 Å². The van der Waals surface area contributed by atoms with E-state index in [4.69, 9.17) is 16.3 Å². The molecule has 0 N–H and O–H groups in total. The topological polar surface area (TPSA) is 63.7 Å². The molecule has 0 saturated carbocycles. The SMILES string of the molecule is CCCCCC(OC(=O)CCl)N1C(=O)C(C)=C(C)C1=O. The maximum Gasteiger partial charge on any atom is 0.322 e. The summed E-state index contributed by atoms with van der Waals surface area (Å²) in [5.74, 6) is -1.71. The van der Waals surface area contributed by atoms with Crippen LogP contribution in [0.5, 0.6) is 0 Å². The van der Waals surface area contributed by atoms with Crippen molar-refractivity contribution in [3.63, 3.8) is 0 Å². The van der Waals surface area contributed by atoms with E-state index in [1.54, 1.807) is 13.8 Å². The van der Waals surface area contributed by atoms with Gasteiger partial charge in [-0.1, -0.05) is 19.8 Å². The monoisotopic (exact) mass is 301 g/mol. The average molecular weight is 302 g/mol. The minimum atomic E-state index is -0.861. The van der Waals surface area contributed by atoms with Gasteiger partial charge >= 0.3 is 5.97 Å². The Balaban J connectivity index is 2.85. The third-order valence-corrected chi connectivity index (χ3v) is 3.58. The molecule has 2 amide bonds. The number of rotatable bonds is 7. The molecular formula is C14H20ClNO4. The lowest BCUT2D eigenvalue weighted by molar-refractivity contribution is -0.165. The Morgan fingerprint density at radius 3 is 2.20 bits per heavy atom. The molecule has 0 saturated heterocycles. The first-order valence-electron chi connectivity index (χ1n) is 6.74. The fraction of sp³-hybridized carbons (Fsp3) is 0.643. The Morgan fingerprint density at radius 1 is 1.20 bits per heavy atom. The molecule has 1 heterocycles. The van der Waals surface area contributed by atoms with Gasteiger partial charge in [0.25, 0.3) is 11.8 Å². The molecule has 0 spiro atoms. The van der Waals surface area contributed by atoms with Gasteiger partial charge in [-0.25, -0.2) is 4.90 Å². The van der Waals surface area contributed by atoms with Crippen molar-refractivity contribution in [1.82, 2.24) is 4.90 Å². The van der Waals surface area contributed by atoms with Gasteiger partial charge in [0.2, 0.25) is 0 Å². The number of nitrogens with zero attached hydrogens (tertiary/aromatic N) is 1. The van der Waals surface area contributed by atoms with Gasteiger partial charge in [-0.15, -0.1) is 11.6 Å². The van der Waals surface area contributed by atoms with Gasteiger partial charge in [0, 0.05) is 17.6 Å². The number of imide groups is 1. The fourth-order valence-electron chi connectivity index (χ4n) is 2.03. The van der Waals surface area contributed by atoms with Gasteiger partial charge in [-0.05, 0) is 20.3 Å². The van der Waals surface area contributed by atoms with Gasteiger partial charge in [0.1, 0.15) is 5.88 Å². The van der Waals surface area contributed by atoms with E-state index in [1.165, 1.54) is 0 Å². The lowest BCUT2D eigenvalue weighted by Gasteiger charge is -2.26. The molecule has 1 atom stereocenters. The highest BCUT2D eigenvalue weighted by atomic mass is 35.5. The molecule has 1 unspecified atom stereocenters. The van der Waals surface area contributed by atoms with E-state index in [2.05, 4.69) is 0 Å². The first-order chi connectivity index (χ1) is 9.43. The maximum absolute atomic E-state index is 12.1. The lowest BCUT2D eigenvalue weighted by atomic mass is 10.2. The summed E-state index contributed by atoms with van der Waals surface area (Å²) in [6.07, 6.45) is 2.28. The van der Waals surface area contributed by atoms with Crippen molar-refractivity contribution < 1.29 is 19.1 Å². The summed E-state index contributed by atoms with van der Waals surface area (Å²) in [5, 5.41) is 0. The first-order valence-corrected chi connectivity index (χ1v) is 7.28. The van der Waals surface area contributed by atoms with Crippen LogP contribution in [0.4, 0.5) is 0 Å². The predicted molar refractivity (Wildman–Crippen MR) is 75.0 cm³/mol. The van der Waals surface area contributed by atoms with Gasteiger partial charge in [0.15, 0.2) is 6.23 Å². The highest BCUT2D eigenvalue weighted by Gasteiger charge is 2.39. The van der Waals surface area contributed by atoms with Crippen LogP contribution in [0, 0.1) is 0 Å². The van der Waals surface area contributed by atoms with E-state index >= 15 is 0 Å². The van der Waals surface area contributed by atoms with Crippen LogP contribution in [0.1, 0.15) is 46.5 Å². The largest absolute Gasteiger partial charge is 0.440 e. The standard InChI is InChI=1S/C14H20ClNO4/c1-4-5-6-7-11(20-12(17)8-15)16-13(18)9(2)10(3)14(16)19/h11H,4-8H2,1-3H3. The zero-order chi connectivity index (χ0) is 15.3. The lowest BCUT2D eigenvalue weighted by Crippen LogP contribution is -2.44. The van der Waals surface area contributed by atoms with Crippen molar-refractivity contribution in [1.29, 1.82) is 0 Å². The molecule has 0 bridgehead atoms. The summed E-state index contributed by atoms with van der Waals surface area (Å²) >= 11 is 5.42. The normalized spacial score (nSPS) is 16.9. The zero-order valence-corrected chi connectivity index (χ0v) is 12.8. The number of amides is 2. The van der Waals surface area contributed by atoms with Gasteiger partial charge in [-0.2, -0.15) is 0 Å². The van der Waals surface area contributed by atoms with Crippen molar-refractivity contribution in [2.75, 3.05) is 5.88 Å². The summed E-state index contributed by atoms with van der Waals surface area (Å²) in [6, 6.07) is 0. The van der Waals surface area contributed by atoms with Crippen LogP contribution in [0.25, 0.3) is 0 Å². The Kier molecular flexibility index (Phi) is 6.20. The first kappa shape index (κ1) is 16.7. The molecule has 0 aromatic heterocycles. The second kappa shape index (κ2) is 7.43. The molecule has 20 heavy (non-hydrogen) atoms. The van der Waals surface area contributed by atoms with E-state index in [0.29, 0.717) is 17.6 Å². The zero-order valence-electron chi connectivity index (χ0n) is 12.1. The fourth-order valence-corrected chi connectivity index (χ4v) is 2.09. The van der Waals surface area contributed by atoms with Crippen LogP contribution in [-0.2, 0) is 19.1 Å². The molecule has 0 aliphatic carbocycles. The van der Waals surface area contributed by atoms with Crippen molar-refractivity contribution in [2.24, 2.45) is 0 Å². The Hall–Kier alpha value is -1.36. The minimum Gasteiger partial charge on any atom is -0.440 e. The number of ether oxygens (including phenoxy) is 1. The van der Waals surface area contributed by atoms with E-state index in [0.717, 1.165) is 24.2 Å². The highest BCUT2D eigenvalue weighted by molar-refractivity contribution is 6.26. The van der Waals surface area contributed by atoms with Crippen LogP contribution in [-0.4, -0.2) is 34.8 Å². The second-order valence-electron chi connectivity index (χ2n) is 4.80. The number of hydrogen-bond acceptors (Lipinski definition) is 4. The Morgan fingerprint density at radius 2 is 1.75 bits per heavy atom. The molecular weight excluding hydrogens is 282 g/mol. The number of unbranched alkanes of at least 4 members (excludes halogenated alkanes) is 2. The molecule has 6 heteroatoms. The van der Waals surface area contributed by atoms with Crippen LogP contribution in [0.3, 0.4) is 0 Å². The average Bonchev–Trinajstić information content (AvgIpc) is 2.62. The van der Waals surface area contributed by atoms with Crippen LogP contribution >= 0.6 is 11.6 Å². The second-order valence-corrected chi connectivity index (χ2v) is 5.07. The smallest absolute Gasteiger partial charge is 0.322 e. The third kappa shape index (κ3) is 3.60. The molecule has 0 fully saturated rings. The van der Waals surface area contributed by atoms with Gasteiger partial charge in [-0.3, -0.25) is 14.4 Å². The van der Waals surface area contributed by atoms with E-state index in [1.807, 2.05) is 6.92 Å². The number of carbonyl (C=O) groups excluding carboxylic acids is 3. The quantitative estimate of drug-likeness (QED) is 0.313. The van der Waals surface area contributed by atoms with Crippen molar-refractivity contribution in [3.05, 3.63) is 11.1 Å². The summed E-state index contributed by atoms with van der Waals surface area (Å²) in [7, 11) is 0. The van der Waals surface area contributed by atoms with Crippen LogP contribution < -0.4 is 0 Å². The maximum atomic E-state index is 12.1. The minimum absolute atomic E-state index is 0.300. The third-order valence-electron chi connectivity index (χ3n) is 3.36. The number of halogens is 1. The molecule has 112 valence electrons. The van der Waals surface area contributed by atoms with Crippen molar-refractivity contribution in [3.8, 4) is 0 Å². The van der Waals surface area contributed by atoms with Crippen LogP contribution in [0.15, 0.2) is 11.1 Å². The summed E-state index contributed by atoms with van der Waals surface area (Å²) in [4.78, 5) is 36.6. The van der Waals surface area contributed by atoms with E-state index < -0.39 is 24.0 Å². The summed E-state index contributed by atoms with van der Waals surface area (Å²) < 4.78 is 5.15.